The average Bonchev–Trinajstić information content (AvgIpc) is 2.97. The molecule has 0 aliphatic heterocycles. The number of carbonyl (C=O) groups is 1. The summed E-state index contributed by atoms with van der Waals surface area (Å²) in [5.41, 5.74) is 1.82. The lowest BCUT2D eigenvalue weighted by atomic mass is 10.1. The molecule has 0 aliphatic rings. The third-order valence-electron chi connectivity index (χ3n) is 3.08. The van der Waals surface area contributed by atoms with E-state index in [-0.39, 0.29) is 5.78 Å². The Hall–Kier alpha value is -2.46. The van der Waals surface area contributed by atoms with Crippen molar-refractivity contribution in [2.45, 2.75) is 6.54 Å². The smallest absolute Gasteiger partial charge is 0.216 e. The zero-order valence-corrected chi connectivity index (χ0v) is 11.9. The van der Waals surface area contributed by atoms with E-state index in [0.29, 0.717) is 22.8 Å². The molecule has 0 amide bonds. The third-order valence-corrected chi connectivity index (χ3v) is 3.41. The molecule has 4 nitrogen and oxygen atoms in total. The van der Waals surface area contributed by atoms with Crippen LogP contribution in [0.25, 0.3) is 0 Å². The van der Waals surface area contributed by atoms with E-state index < -0.39 is 0 Å². The molecule has 0 fully saturated rings. The number of halogens is 1. The second-order valence-corrected chi connectivity index (χ2v) is 5.00. The van der Waals surface area contributed by atoms with Gasteiger partial charge in [-0.1, -0.05) is 59.3 Å². The maximum absolute atomic E-state index is 12.3. The Morgan fingerprint density at radius 2 is 1.76 bits per heavy atom. The number of hydrogen-bond acceptors (Lipinski definition) is 3. The first-order valence-electron chi connectivity index (χ1n) is 6.47. The van der Waals surface area contributed by atoms with Gasteiger partial charge < -0.3 is 0 Å². The minimum Gasteiger partial charge on any atom is -0.287 e. The summed E-state index contributed by atoms with van der Waals surface area (Å²) in [6.07, 6.45) is 1.64. The molecule has 21 heavy (non-hydrogen) atoms. The molecule has 1 aromatic heterocycles. The molecule has 3 aromatic rings. The zero-order valence-electron chi connectivity index (χ0n) is 11.1. The first-order chi connectivity index (χ1) is 10.2. The standard InChI is InChI=1S/C16H12ClN3O/c17-14-9-5-4-8-13(14)16(21)15-11-20(19-18-15)10-12-6-2-1-3-7-12/h1-9,11H,10H2. The van der Waals surface area contributed by atoms with Gasteiger partial charge in [-0.15, -0.1) is 5.10 Å². The molecule has 0 atom stereocenters. The maximum Gasteiger partial charge on any atom is 0.216 e. The Morgan fingerprint density at radius 1 is 1.05 bits per heavy atom. The molecule has 1 heterocycles. The summed E-state index contributed by atoms with van der Waals surface area (Å²) in [4.78, 5) is 12.3. The van der Waals surface area contributed by atoms with Gasteiger partial charge >= 0.3 is 0 Å². The summed E-state index contributed by atoms with van der Waals surface area (Å²) >= 11 is 6.03. The molecule has 0 unspecified atom stereocenters. The van der Waals surface area contributed by atoms with Crippen LogP contribution in [0.1, 0.15) is 21.6 Å². The zero-order chi connectivity index (χ0) is 14.7. The Bertz CT molecular complexity index is 768. The first-order valence-corrected chi connectivity index (χ1v) is 6.85. The van der Waals surface area contributed by atoms with Crippen molar-refractivity contribution in [1.29, 1.82) is 0 Å². The molecule has 3 rings (SSSR count). The number of carbonyl (C=O) groups excluding carboxylic acids is 1. The van der Waals surface area contributed by atoms with Crippen molar-refractivity contribution in [2.24, 2.45) is 0 Å². The fourth-order valence-electron chi connectivity index (χ4n) is 2.03. The molecule has 0 radical (unpaired) electrons. The van der Waals surface area contributed by atoms with Gasteiger partial charge in [0.05, 0.1) is 17.8 Å². The monoisotopic (exact) mass is 297 g/mol. The summed E-state index contributed by atoms with van der Waals surface area (Å²) in [6.45, 7) is 0.573. The van der Waals surface area contributed by atoms with Crippen LogP contribution >= 0.6 is 11.6 Å². The Balaban J connectivity index is 1.82. The van der Waals surface area contributed by atoms with Gasteiger partial charge in [-0.3, -0.25) is 4.79 Å². The van der Waals surface area contributed by atoms with Gasteiger partial charge in [-0.25, -0.2) is 4.68 Å². The summed E-state index contributed by atoms with van der Waals surface area (Å²) in [6, 6.07) is 16.8. The molecular weight excluding hydrogens is 286 g/mol. The highest BCUT2D eigenvalue weighted by Crippen LogP contribution is 2.18. The lowest BCUT2D eigenvalue weighted by Gasteiger charge is -2.00. The highest BCUT2D eigenvalue weighted by Gasteiger charge is 2.16. The summed E-state index contributed by atoms with van der Waals surface area (Å²) in [5, 5.41) is 8.34. The van der Waals surface area contributed by atoms with E-state index in [1.165, 1.54) is 0 Å². The number of benzene rings is 2. The maximum atomic E-state index is 12.3. The van der Waals surface area contributed by atoms with Gasteiger partial charge in [0.15, 0.2) is 5.69 Å². The minimum atomic E-state index is -0.222. The van der Waals surface area contributed by atoms with E-state index >= 15 is 0 Å². The van der Waals surface area contributed by atoms with Crippen molar-refractivity contribution >= 4 is 17.4 Å². The van der Waals surface area contributed by atoms with Crippen LogP contribution in [0, 0.1) is 0 Å². The second kappa shape index (κ2) is 5.89. The normalized spacial score (nSPS) is 10.5. The molecule has 0 saturated carbocycles. The molecule has 0 N–H and O–H groups in total. The SMILES string of the molecule is O=C(c1cn(Cc2ccccc2)nn1)c1ccccc1Cl. The van der Waals surface area contributed by atoms with E-state index in [0.717, 1.165) is 5.56 Å². The van der Waals surface area contributed by atoms with E-state index in [4.69, 9.17) is 11.6 Å². The van der Waals surface area contributed by atoms with Crippen LogP contribution < -0.4 is 0 Å². The number of hydrogen-bond donors (Lipinski definition) is 0. The van der Waals surface area contributed by atoms with Gasteiger partial charge in [0.25, 0.3) is 0 Å². The predicted molar refractivity (Wildman–Crippen MR) is 80.5 cm³/mol. The molecule has 0 aliphatic carbocycles. The molecule has 0 bridgehead atoms. The van der Waals surface area contributed by atoms with Gasteiger partial charge in [-0.05, 0) is 17.7 Å². The van der Waals surface area contributed by atoms with Crippen molar-refractivity contribution in [3.8, 4) is 0 Å². The fourth-order valence-corrected chi connectivity index (χ4v) is 2.26. The molecule has 104 valence electrons. The second-order valence-electron chi connectivity index (χ2n) is 4.60. The molecular formula is C16H12ClN3O. The number of rotatable bonds is 4. The van der Waals surface area contributed by atoms with Crippen LogP contribution in [0.3, 0.4) is 0 Å². The molecule has 5 heteroatoms. The molecule has 2 aromatic carbocycles. The topological polar surface area (TPSA) is 47.8 Å². The average molecular weight is 298 g/mol. The van der Waals surface area contributed by atoms with Crippen LogP contribution in [0.2, 0.25) is 5.02 Å². The highest BCUT2D eigenvalue weighted by atomic mass is 35.5. The van der Waals surface area contributed by atoms with Crippen molar-refractivity contribution in [3.63, 3.8) is 0 Å². The van der Waals surface area contributed by atoms with Crippen molar-refractivity contribution in [3.05, 3.63) is 82.6 Å². The summed E-state index contributed by atoms with van der Waals surface area (Å²) in [5.74, 6) is -0.222. The van der Waals surface area contributed by atoms with Crippen molar-refractivity contribution in [1.82, 2.24) is 15.0 Å². The van der Waals surface area contributed by atoms with E-state index in [1.54, 1.807) is 35.1 Å². The Labute approximate surface area is 127 Å². The summed E-state index contributed by atoms with van der Waals surface area (Å²) < 4.78 is 1.64. The van der Waals surface area contributed by atoms with E-state index in [2.05, 4.69) is 10.3 Å². The predicted octanol–water partition coefficient (Wildman–Crippen LogP) is 3.21. The Morgan fingerprint density at radius 3 is 2.52 bits per heavy atom. The van der Waals surface area contributed by atoms with Crippen LogP contribution in [0.4, 0.5) is 0 Å². The first kappa shape index (κ1) is 13.5. The number of nitrogens with zero attached hydrogens (tertiary/aromatic N) is 3. The minimum absolute atomic E-state index is 0.222. The van der Waals surface area contributed by atoms with Gasteiger partial charge in [0.2, 0.25) is 5.78 Å². The largest absolute Gasteiger partial charge is 0.287 e. The van der Waals surface area contributed by atoms with E-state index in [1.807, 2.05) is 30.3 Å². The van der Waals surface area contributed by atoms with Crippen molar-refractivity contribution < 1.29 is 4.79 Å². The van der Waals surface area contributed by atoms with Crippen LogP contribution in [-0.2, 0) is 6.54 Å². The number of ketones is 1. The van der Waals surface area contributed by atoms with Gasteiger partial charge in [0, 0.05) is 5.56 Å². The highest BCUT2D eigenvalue weighted by molar-refractivity contribution is 6.34. The Kier molecular flexibility index (Phi) is 3.79. The lowest BCUT2D eigenvalue weighted by molar-refractivity contribution is 0.103. The summed E-state index contributed by atoms with van der Waals surface area (Å²) in [7, 11) is 0. The molecule has 0 spiro atoms. The van der Waals surface area contributed by atoms with Gasteiger partial charge in [0.1, 0.15) is 0 Å². The quantitative estimate of drug-likeness (QED) is 0.695. The van der Waals surface area contributed by atoms with Crippen LogP contribution in [0.5, 0.6) is 0 Å². The van der Waals surface area contributed by atoms with Crippen molar-refractivity contribution in [2.75, 3.05) is 0 Å². The fraction of sp³-hybridized carbons (Fsp3) is 0.0625. The van der Waals surface area contributed by atoms with Crippen LogP contribution in [0.15, 0.2) is 60.8 Å². The van der Waals surface area contributed by atoms with Crippen LogP contribution in [-0.4, -0.2) is 20.8 Å². The van der Waals surface area contributed by atoms with Gasteiger partial charge in [-0.2, -0.15) is 0 Å². The van der Waals surface area contributed by atoms with E-state index in [9.17, 15) is 4.79 Å². The third kappa shape index (κ3) is 3.01. The molecule has 0 saturated heterocycles. The number of aromatic nitrogens is 3. The lowest BCUT2D eigenvalue weighted by Crippen LogP contribution is -2.02.